The van der Waals surface area contributed by atoms with E-state index in [1.54, 1.807) is 23.5 Å². The van der Waals surface area contributed by atoms with E-state index in [-0.39, 0.29) is 5.91 Å². The van der Waals surface area contributed by atoms with E-state index in [1.807, 2.05) is 16.8 Å². The maximum absolute atomic E-state index is 12.0. The maximum Gasteiger partial charge on any atom is 0.228 e. The fraction of sp³-hybridized carbons (Fsp3) is 0.214. The number of thiophene rings is 1. The molecular weight excluding hydrogens is 298 g/mol. The number of halogens is 1. The number of amides is 1. The second-order valence-corrected chi connectivity index (χ2v) is 5.23. The Morgan fingerprint density at radius 2 is 2.05 bits per heavy atom. The first-order valence-electron chi connectivity index (χ1n) is 5.86. The van der Waals surface area contributed by atoms with Crippen LogP contribution in [-0.4, -0.2) is 20.1 Å². The van der Waals surface area contributed by atoms with Crippen LogP contribution in [0.2, 0.25) is 5.02 Å². The highest BCUT2D eigenvalue weighted by atomic mass is 35.5. The summed E-state index contributed by atoms with van der Waals surface area (Å²) in [6.45, 7) is 0. The lowest BCUT2D eigenvalue weighted by atomic mass is 10.2. The van der Waals surface area contributed by atoms with Crippen molar-refractivity contribution in [3.05, 3.63) is 39.5 Å². The monoisotopic (exact) mass is 311 g/mol. The summed E-state index contributed by atoms with van der Waals surface area (Å²) < 4.78 is 10.3. The van der Waals surface area contributed by atoms with Crippen molar-refractivity contribution in [1.82, 2.24) is 0 Å². The molecule has 0 spiro atoms. The van der Waals surface area contributed by atoms with Crippen LogP contribution in [0.1, 0.15) is 5.56 Å². The van der Waals surface area contributed by atoms with Crippen molar-refractivity contribution in [2.75, 3.05) is 19.5 Å². The van der Waals surface area contributed by atoms with E-state index in [4.69, 9.17) is 21.1 Å². The minimum atomic E-state index is -0.122. The Balaban J connectivity index is 2.15. The molecule has 106 valence electrons. The summed E-state index contributed by atoms with van der Waals surface area (Å²) >= 11 is 7.62. The molecule has 0 saturated carbocycles. The third-order valence-corrected chi connectivity index (χ3v) is 3.72. The van der Waals surface area contributed by atoms with Gasteiger partial charge in [0.1, 0.15) is 11.5 Å². The predicted octanol–water partition coefficient (Wildman–Crippen LogP) is 3.60. The van der Waals surface area contributed by atoms with E-state index in [2.05, 4.69) is 5.32 Å². The second kappa shape index (κ2) is 6.63. The minimum absolute atomic E-state index is 0.122. The number of benzene rings is 1. The molecule has 0 aliphatic rings. The molecule has 1 amide bonds. The third kappa shape index (κ3) is 3.43. The van der Waals surface area contributed by atoms with Crippen molar-refractivity contribution in [1.29, 1.82) is 0 Å². The molecule has 0 bridgehead atoms. The molecule has 0 aliphatic carbocycles. The highest BCUT2D eigenvalue weighted by Crippen LogP contribution is 2.35. The Hall–Kier alpha value is -1.72. The Labute approximate surface area is 126 Å². The molecule has 6 heteroatoms. The van der Waals surface area contributed by atoms with Gasteiger partial charge in [0, 0.05) is 6.07 Å². The zero-order chi connectivity index (χ0) is 14.5. The number of ether oxygens (including phenoxy) is 2. The molecule has 1 heterocycles. The first kappa shape index (κ1) is 14.7. The van der Waals surface area contributed by atoms with Crippen molar-refractivity contribution in [3.8, 4) is 11.5 Å². The van der Waals surface area contributed by atoms with E-state index in [1.165, 1.54) is 14.2 Å². The van der Waals surface area contributed by atoms with Gasteiger partial charge in [-0.15, -0.1) is 0 Å². The lowest BCUT2D eigenvalue weighted by Crippen LogP contribution is -2.14. The van der Waals surface area contributed by atoms with Gasteiger partial charge in [-0.1, -0.05) is 11.6 Å². The second-order valence-electron chi connectivity index (χ2n) is 4.04. The Kier molecular flexibility index (Phi) is 4.87. The van der Waals surface area contributed by atoms with Crippen LogP contribution in [0.5, 0.6) is 11.5 Å². The van der Waals surface area contributed by atoms with Gasteiger partial charge in [-0.05, 0) is 28.5 Å². The quantitative estimate of drug-likeness (QED) is 0.917. The van der Waals surface area contributed by atoms with Gasteiger partial charge in [0.2, 0.25) is 5.91 Å². The van der Waals surface area contributed by atoms with Gasteiger partial charge in [-0.25, -0.2) is 0 Å². The number of rotatable bonds is 5. The van der Waals surface area contributed by atoms with Gasteiger partial charge in [-0.2, -0.15) is 11.3 Å². The summed E-state index contributed by atoms with van der Waals surface area (Å²) in [5.74, 6) is 0.882. The van der Waals surface area contributed by atoms with E-state index < -0.39 is 0 Å². The van der Waals surface area contributed by atoms with Crippen LogP contribution in [-0.2, 0) is 11.2 Å². The SMILES string of the molecule is COc1cc(OC)c(NC(=O)Cc2ccsc2)cc1Cl. The van der Waals surface area contributed by atoms with Crippen LogP contribution in [0.25, 0.3) is 0 Å². The summed E-state index contributed by atoms with van der Waals surface area (Å²) in [7, 11) is 3.05. The molecule has 0 aliphatic heterocycles. The average molecular weight is 312 g/mol. The summed E-state index contributed by atoms with van der Waals surface area (Å²) in [5, 5.41) is 7.09. The lowest BCUT2D eigenvalue weighted by molar-refractivity contribution is -0.115. The molecule has 1 aromatic heterocycles. The van der Waals surface area contributed by atoms with Gasteiger partial charge in [0.25, 0.3) is 0 Å². The predicted molar refractivity (Wildman–Crippen MR) is 81.2 cm³/mol. The summed E-state index contributed by atoms with van der Waals surface area (Å²) in [4.78, 5) is 12.0. The van der Waals surface area contributed by atoms with Gasteiger partial charge < -0.3 is 14.8 Å². The van der Waals surface area contributed by atoms with E-state index >= 15 is 0 Å². The molecule has 0 radical (unpaired) electrons. The van der Waals surface area contributed by atoms with Crippen molar-refractivity contribution in [2.45, 2.75) is 6.42 Å². The highest BCUT2D eigenvalue weighted by Gasteiger charge is 2.12. The van der Waals surface area contributed by atoms with Crippen LogP contribution >= 0.6 is 22.9 Å². The van der Waals surface area contributed by atoms with E-state index in [0.717, 1.165) is 5.56 Å². The van der Waals surface area contributed by atoms with Gasteiger partial charge in [0.15, 0.2) is 0 Å². The molecule has 0 fully saturated rings. The third-order valence-electron chi connectivity index (χ3n) is 2.69. The van der Waals surface area contributed by atoms with Crippen LogP contribution in [0, 0.1) is 0 Å². The van der Waals surface area contributed by atoms with Gasteiger partial charge in [-0.3, -0.25) is 4.79 Å². The van der Waals surface area contributed by atoms with Crippen molar-refractivity contribution < 1.29 is 14.3 Å². The molecule has 2 rings (SSSR count). The number of methoxy groups -OCH3 is 2. The zero-order valence-electron chi connectivity index (χ0n) is 11.1. The van der Waals surface area contributed by atoms with Gasteiger partial charge >= 0.3 is 0 Å². The van der Waals surface area contributed by atoms with Gasteiger partial charge in [0.05, 0.1) is 31.4 Å². The molecule has 20 heavy (non-hydrogen) atoms. The number of carbonyl (C=O) groups excluding carboxylic acids is 1. The number of nitrogens with one attached hydrogen (secondary N) is 1. The molecule has 2 aromatic rings. The zero-order valence-corrected chi connectivity index (χ0v) is 12.7. The standard InChI is InChI=1S/C14H14ClNO3S/c1-18-12-7-13(19-2)11(6-10(12)15)16-14(17)5-9-3-4-20-8-9/h3-4,6-8H,5H2,1-2H3,(H,16,17). The number of hydrogen-bond donors (Lipinski definition) is 1. The summed E-state index contributed by atoms with van der Waals surface area (Å²) in [6.07, 6.45) is 0.316. The number of carbonyl (C=O) groups is 1. The topological polar surface area (TPSA) is 47.6 Å². The Morgan fingerprint density at radius 1 is 1.30 bits per heavy atom. The van der Waals surface area contributed by atoms with Crippen LogP contribution in [0.4, 0.5) is 5.69 Å². The molecule has 1 aromatic carbocycles. The summed E-state index contributed by atoms with van der Waals surface area (Å²) in [5.41, 5.74) is 1.50. The molecule has 1 N–H and O–H groups in total. The molecule has 0 atom stereocenters. The van der Waals surface area contributed by atoms with Crippen LogP contribution in [0.15, 0.2) is 29.0 Å². The number of anilines is 1. The normalized spacial score (nSPS) is 10.2. The smallest absolute Gasteiger partial charge is 0.228 e. The highest BCUT2D eigenvalue weighted by molar-refractivity contribution is 7.08. The van der Waals surface area contributed by atoms with Crippen LogP contribution < -0.4 is 14.8 Å². The first-order chi connectivity index (χ1) is 9.63. The largest absolute Gasteiger partial charge is 0.495 e. The molecular formula is C14H14ClNO3S. The molecule has 4 nitrogen and oxygen atoms in total. The minimum Gasteiger partial charge on any atom is -0.495 e. The Bertz CT molecular complexity index is 599. The number of hydrogen-bond acceptors (Lipinski definition) is 4. The fourth-order valence-corrected chi connectivity index (χ4v) is 2.64. The van der Waals surface area contributed by atoms with E-state index in [9.17, 15) is 4.79 Å². The maximum atomic E-state index is 12.0. The van der Waals surface area contributed by atoms with Crippen LogP contribution in [0.3, 0.4) is 0 Å². The average Bonchev–Trinajstić information content (AvgIpc) is 2.91. The van der Waals surface area contributed by atoms with E-state index in [0.29, 0.717) is 28.6 Å². The molecule has 0 unspecified atom stereocenters. The first-order valence-corrected chi connectivity index (χ1v) is 7.18. The van der Waals surface area contributed by atoms with Crippen molar-refractivity contribution in [2.24, 2.45) is 0 Å². The fourth-order valence-electron chi connectivity index (χ4n) is 1.73. The van der Waals surface area contributed by atoms with Crippen molar-refractivity contribution in [3.63, 3.8) is 0 Å². The van der Waals surface area contributed by atoms with Crippen molar-refractivity contribution >= 4 is 34.5 Å². The Morgan fingerprint density at radius 3 is 2.65 bits per heavy atom. The lowest BCUT2D eigenvalue weighted by Gasteiger charge is -2.12. The summed E-state index contributed by atoms with van der Waals surface area (Å²) in [6, 6.07) is 5.18. The molecule has 0 saturated heterocycles.